The minimum absolute atomic E-state index is 0.132. The normalized spacial score (nSPS) is 19.3. The van der Waals surface area contributed by atoms with E-state index in [1.807, 2.05) is 30.0 Å². The molecule has 1 fully saturated rings. The Hall–Kier alpha value is -0.870. The van der Waals surface area contributed by atoms with E-state index in [1.165, 1.54) is 0 Å². The molecule has 1 amide bonds. The molecule has 1 aliphatic heterocycles. The first kappa shape index (κ1) is 13.6. The molecule has 0 spiro atoms. The summed E-state index contributed by atoms with van der Waals surface area (Å²) in [5, 5.41) is 0. The number of methoxy groups -OCH3 is 1. The van der Waals surface area contributed by atoms with E-state index >= 15 is 0 Å². The summed E-state index contributed by atoms with van der Waals surface area (Å²) in [5.41, 5.74) is 1.81. The van der Waals surface area contributed by atoms with E-state index in [9.17, 15) is 4.79 Å². The fourth-order valence-electron chi connectivity index (χ4n) is 2.40. The Morgan fingerprint density at radius 3 is 3.06 bits per heavy atom. The van der Waals surface area contributed by atoms with Crippen LogP contribution >= 0.6 is 15.9 Å². The van der Waals surface area contributed by atoms with Crippen molar-refractivity contribution in [3.63, 3.8) is 0 Å². The van der Waals surface area contributed by atoms with Crippen LogP contribution in [0, 0.1) is 12.8 Å². The van der Waals surface area contributed by atoms with Gasteiger partial charge in [-0.15, -0.1) is 0 Å². The number of rotatable bonds is 3. The third kappa shape index (κ3) is 2.75. The highest BCUT2D eigenvalue weighted by molar-refractivity contribution is 9.10. The van der Waals surface area contributed by atoms with E-state index in [2.05, 4.69) is 15.9 Å². The van der Waals surface area contributed by atoms with Gasteiger partial charge in [-0.05, 0) is 31.0 Å². The van der Waals surface area contributed by atoms with Crippen molar-refractivity contribution >= 4 is 21.8 Å². The second-order valence-corrected chi connectivity index (χ2v) is 5.63. The Morgan fingerprint density at radius 2 is 2.33 bits per heavy atom. The minimum atomic E-state index is 0.132. The van der Waals surface area contributed by atoms with Crippen LogP contribution in [0.25, 0.3) is 0 Å². The van der Waals surface area contributed by atoms with Crippen molar-refractivity contribution in [2.24, 2.45) is 5.92 Å². The molecule has 2 rings (SSSR count). The van der Waals surface area contributed by atoms with Gasteiger partial charge in [0.15, 0.2) is 0 Å². The molecule has 1 aromatic rings. The van der Waals surface area contributed by atoms with Crippen LogP contribution in [-0.2, 0) is 4.74 Å². The molecule has 0 unspecified atom stereocenters. The number of benzene rings is 1. The Labute approximate surface area is 116 Å². The van der Waals surface area contributed by atoms with Gasteiger partial charge in [0, 0.05) is 36.2 Å². The fourth-order valence-corrected chi connectivity index (χ4v) is 2.76. The van der Waals surface area contributed by atoms with Crippen LogP contribution in [0.3, 0.4) is 0 Å². The molecular weight excluding hydrogens is 294 g/mol. The van der Waals surface area contributed by atoms with Gasteiger partial charge in [0.1, 0.15) is 0 Å². The van der Waals surface area contributed by atoms with Crippen LogP contribution in [-0.4, -0.2) is 37.6 Å². The fraction of sp³-hybridized carbons (Fsp3) is 0.500. The van der Waals surface area contributed by atoms with Crippen LogP contribution < -0.4 is 0 Å². The van der Waals surface area contributed by atoms with E-state index < -0.39 is 0 Å². The van der Waals surface area contributed by atoms with E-state index in [0.29, 0.717) is 5.92 Å². The minimum Gasteiger partial charge on any atom is -0.384 e. The maximum atomic E-state index is 12.4. The zero-order valence-electron chi connectivity index (χ0n) is 10.8. The van der Waals surface area contributed by atoms with E-state index in [-0.39, 0.29) is 5.91 Å². The Morgan fingerprint density at radius 1 is 1.56 bits per heavy atom. The van der Waals surface area contributed by atoms with Crippen LogP contribution in [0.4, 0.5) is 0 Å². The largest absolute Gasteiger partial charge is 0.384 e. The van der Waals surface area contributed by atoms with E-state index in [1.54, 1.807) is 7.11 Å². The third-order valence-electron chi connectivity index (χ3n) is 3.47. The first-order valence-corrected chi connectivity index (χ1v) is 6.96. The molecule has 0 aromatic heterocycles. The summed E-state index contributed by atoms with van der Waals surface area (Å²) in [6.45, 7) is 4.35. The Balaban J connectivity index is 2.11. The van der Waals surface area contributed by atoms with Crippen molar-refractivity contribution in [3.8, 4) is 0 Å². The molecule has 0 aliphatic carbocycles. The van der Waals surface area contributed by atoms with Gasteiger partial charge in [-0.25, -0.2) is 0 Å². The summed E-state index contributed by atoms with van der Waals surface area (Å²) in [5.74, 6) is 0.610. The molecule has 18 heavy (non-hydrogen) atoms. The Kier molecular flexibility index (Phi) is 4.40. The molecule has 0 radical (unpaired) electrons. The number of likely N-dealkylation sites (tertiary alicyclic amines) is 1. The predicted octanol–water partition coefficient (Wildman–Crippen LogP) is 2.87. The lowest BCUT2D eigenvalue weighted by molar-refractivity contribution is 0.0774. The lowest BCUT2D eigenvalue weighted by Crippen LogP contribution is -2.29. The van der Waals surface area contributed by atoms with Crippen molar-refractivity contribution in [3.05, 3.63) is 33.8 Å². The second-order valence-electron chi connectivity index (χ2n) is 4.77. The molecule has 0 saturated carbocycles. The summed E-state index contributed by atoms with van der Waals surface area (Å²) < 4.78 is 6.14. The zero-order chi connectivity index (χ0) is 13.1. The lowest BCUT2D eigenvalue weighted by Gasteiger charge is -2.18. The number of ether oxygens (including phenoxy) is 1. The molecule has 4 heteroatoms. The standard InChI is InChI=1S/C14H18BrNO2/c1-10-12(4-3-5-13(10)15)14(17)16-7-6-11(8-16)9-18-2/h3-5,11H,6-9H2,1-2H3/t11-/m1/s1. The van der Waals surface area contributed by atoms with Gasteiger partial charge >= 0.3 is 0 Å². The highest BCUT2D eigenvalue weighted by atomic mass is 79.9. The van der Waals surface area contributed by atoms with Gasteiger partial charge < -0.3 is 9.64 Å². The summed E-state index contributed by atoms with van der Waals surface area (Å²) in [7, 11) is 1.71. The van der Waals surface area contributed by atoms with Gasteiger partial charge in [0.2, 0.25) is 0 Å². The monoisotopic (exact) mass is 311 g/mol. The molecule has 1 heterocycles. The number of halogens is 1. The summed E-state index contributed by atoms with van der Waals surface area (Å²) >= 11 is 3.47. The van der Waals surface area contributed by atoms with Gasteiger partial charge in [-0.2, -0.15) is 0 Å². The number of carbonyl (C=O) groups is 1. The molecule has 0 N–H and O–H groups in total. The maximum absolute atomic E-state index is 12.4. The van der Waals surface area contributed by atoms with E-state index in [4.69, 9.17) is 4.74 Å². The first-order chi connectivity index (χ1) is 8.63. The molecule has 1 aromatic carbocycles. The van der Waals surface area contributed by atoms with Gasteiger partial charge in [-0.1, -0.05) is 22.0 Å². The highest BCUT2D eigenvalue weighted by Crippen LogP contribution is 2.24. The third-order valence-corrected chi connectivity index (χ3v) is 4.33. The molecule has 0 bridgehead atoms. The molecule has 1 aliphatic rings. The summed E-state index contributed by atoms with van der Waals surface area (Å²) in [4.78, 5) is 14.4. The number of nitrogens with zero attached hydrogens (tertiary/aromatic N) is 1. The molecule has 98 valence electrons. The average molecular weight is 312 g/mol. The Bertz CT molecular complexity index is 447. The smallest absolute Gasteiger partial charge is 0.254 e. The zero-order valence-corrected chi connectivity index (χ0v) is 12.4. The topological polar surface area (TPSA) is 29.5 Å². The van der Waals surface area contributed by atoms with Crippen molar-refractivity contribution in [2.75, 3.05) is 26.8 Å². The van der Waals surface area contributed by atoms with Gasteiger partial charge in [0.25, 0.3) is 5.91 Å². The molecule has 1 atom stereocenters. The SMILES string of the molecule is COC[C@@H]1CCN(C(=O)c2cccc(Br)c2C)C1. The number of hydrogen-bond acceptors (Lipinski definition) is 2. The lowest BCUT2D eigenvalue weighted by atomic mass is 10.1. The summed E-state index contributed by atoms with van der Waals surface area (Å²) in [6, 6.07) is 5.77. The van der Waals surface area contributed by atoms with Crippen molar-refractivity contribution in [1.29, 1.82) is 0 Å². The van der Waals surface area contributed by atoms with Crippen molar-refractivity contribution < 1.29 is 9.53 Å². The number of carbonyl (C=O) groups excluding carboxylic acids is 1. The molecule has 1 saturated heterocycles. The van der Waals surface area contributed by atoms with Crippen LogP contribution in [0.5, 0.6) is 0 Å². The van der Waals surface area contributed by atoms with Crippen molar-refractivity contribution in [2.45, 2.75) is 13.3 Å². The van der Waals surface area contributed by atoms with Gasteiger partial charge in [0.05, 0.1) is 6.61 Å². The second kappa shape index (κ2) is 5.85. The average Bonchev–Trinajstić information content (AvgIpc) is 2.81. The predicted molar refractivity (Wildman–Crippen MR) is 74.8 cm³/mol. The van der Waals surface area contributed by atoms with Gasteiger partial charge in [-0.3, -0.25) is 4.79 Å². The first-order valence-electron chi connectivity index (χ1n) is 6.16. The highest BCUT2D eigenvalue weighted by Gasteiger charge is 2.27. The quantitative estimate of drug-likeness (QED) is 0.859. The summed E-state index contributed by atoms with van der Waals surface area (Å²) in [6.07, 6.45) is 1.03. The number of hydrogen-bond donors (Lipinski definition) is 0. The van der Waals surface area contributed by atoms with Crippen molar-refractivity contribution in [1.82, 2.24) is 4.90 Å². The van der Waals surface area contributed by atoms with E-state index in [0.717, 1.165) is 41.7 Å². The molecular formula is C14H18BrNO2. The van der Waals surface area contributed by atoms with Crippen LogP contribution in [0.15, 0.2) is 22.7 Å². The van der Waals surface area contributed by atoms with Crippen LogP contribution in [0.2, 0.25) is 0 Å². The number of amides is 1. The maximum Gasteiger partial charge on any atom is 0.254 e. The van der Waals surface area contributed by atoms with Crippen LogP contribution in [0.1, 0.15) is 22.3 Å². The molecule has 3 nitrogen and oxygen atoms in total.